The molecule has 0 bridgehead atoms. The molecule has 1 aliphatic rings. The number of aliphatic imine (C=N–C) groups is 1. The minimum Gasteiger partial charge on any atom is -0.378 e. The van der Waals surface area contributed by atoms with Gasteiger partial charge < -0.3 is 15.4 Å². The van der Waals surface area contributed by atoms with Crippen molar-refractivity contribution in [3.05, 3.63) is 35.4 Å². The van der Waals surface area contributed by atoms with Crippen molar-refractivity contribution >= 4 is 5.96 Å². The van der Waals surface area contributed by atoms with Gasteiger partial charge in [0.2, 0.25) is 0 Å². The smallest absolute Gasteiger partial charge is 0.191 e. The molecule has 1 aliphatic heterocycles. The molecule has 0 radical (unpaired) electrons. The van der Waals surface area contributed by atoms with Crippen LogP contribution in [-0.2, 0) is 11.3 Å². The second kappa shape index (κ2) is 7.90. The largest absolute Gasteiger partial charge is 0.378 e. The van der Waals surface area contributed by atoms with E-state index >= 15 is 0 Å². The number of nitrogens with zero attached hydrogens (tertiary/aromatic N) is 1. The number of hydrogen-bond donors (Lipinski definition) is 2. The fourth-order valence-electron chi connectivity index (χ4n) is 2.45. The van der Waals surface area contributed by atoms with Gasteiger partial charge in [-0.2, -0.15) is 0 Å². The fraction of sp³-hybridized carbons (Fsp3) is 0.562. The Hall–Kier alpha value is -1.55. The molecule has 1 aromatic carbocycles. The first-order valence-corrected chi connectivity index (χ1v) is 7.39. The van der Waals surface area contributed by atoms with Crippen LogP contribution in [0.3, 0.4) is 0 Å². The van der Waals surface area contributed by atoms with Crippen LogP contribution in [0, 0.1) is 6.92 Å². The SMILES string of the molecule is CN=C(NCCC1CCCO1)NCc1cccc(C)c1. The molecule has 1 saturated heterocycles. The van der Waals surface area contributed by atoms with E-state index in [0.717, 1.165) is 32.1 Å². The Kier molecular flexibility index (Phi) is 5.87. The second-order valence-electron chi connectivity index (χ2n) is 5.27. The standard InChI is InChI=1S/C16H25N3O/c1-13-5-3-6-14(11-13)12-19-16(17-2)18-9-8-15-7-4-10-20-15/h3,5-6,11,15H,4,7-10,12H2,1-2H3,(H2,17,18,19). The summed E-state index contributed by atoms with van der Waals surface area (Å²) in [7, 11) is 1.80. The first kappa shape index (κ1) is 14.9. The second-order valence-corrected chi connectivity index (χ2v) is 5.27. The average Bonchev–Trinajstić information content (AvgIpc) is 2.96. The summed E-state index contributed by atoms with van der Waals surface area (Å²) < 4.78 is 5.61. The number of guanidine groups is 1. The van der Waals surface area contributed by atoms with Crippen LogP contribution in [0.5, 0.6) is 0 Å². The van der Waals surface area contributed by atoms with Gasteiger partial charge in [0.25, 0.3) is 0 Å². The highest BCUT2D eigenvalue weighted by molar-refractivity contribution is 5.79. The topological polar surface area (TPSA) is 45.7 Å². The lowest BCUT2D eigenvalue weighted by Gasteiger charge is -2.14. The zero-order valence-corrected chi connectivity index (χ0v) is 12.5. The van der Waals surface area contributed by atoms with E-state index in [1.54, 1.807) is 7.05 Å². The molecule has 0 aromatic heterocycles. The lowest BCUT2D eigenvalue weighted by atomic mass is 10.1. The van der Waals surface area contributed by atoms with Crippen LogP contribution in [0.25, 0.3) is 0 Å². The van der Waals surface area contributed by atoms with E-state index in [1.165, 1.54) is 24.0 Å². The highest BCUT2D eigenvalue weighted by atomic mass is 16.5. The Morgan fingerprint density at radius 3 is 3.00 bits per heavy atom. The zero-order valence-electron chi connectivity index (χ0n) is 12.5. The summed E-state index contributed by atoms with van der Waals surface area (Å²) in [5.41, 5.74) is 2.55. The van der Waals surface area contributed by atoms with Crippen molar-refractivity contribution in [2.45, 2.75) is 38.8 Å². The van der Waals surface area contributed by atoms with Crippen LogP contribution < -0.4 is 10.6 Å². The van der Waals surface area contributed by atoms with E-state index < -0.39 is 0 Å². The first-order chi connectivity index (χ1) is 9.78. The Bertz CT molecular complexity index is 439. The lowest BCUT2D eigenvalue weighted by Crippen LogP contribution is -2.38. The van der Waals surface area contributed by atoms with E-state index in [2.05, 4.69) is 46.8 Å². The van der Waals surface area contributed by atoms with Gasteiger partial charge in [-0.05, 0) is 31.7 Å². The quantitative estimate of drug-likeness (QED) is 0.640. The number of rotatable bonds is 5. The van der Waals surface area contributed by atoms with Crippen molar-refractivity contribution in [3.63, 3.8) is 0 Å². The minimum absolute atomic E-state index is 0.428. The molecule has 2 rings (SSSR count). The molecule has 20 heavy (non-hydrogen) atoms. The molecule has 1 unspecified atom stereocenters. The molecule has 1 fully saturated rings. The number of aryl methyl sites for hydroxylation is 1. The van der Waals surface area contributed by atoms with Gasteiger partial charge in [-0.3, -0.25) is 4.99 Å². The van der Waals surface area contributed by atoms with Gasteiger partial charge in [-0.1, -0.05) is 29.8 Å². The molecule has 1 heterocycles. The van der Waals surface area contributed by atoms with Gasteiger partial charge >= 0.3 is 0 Å². The van der Waals surface area contributed by atoms with Gasteiger partial charge in [0.1, 0.15) is 0 Å². The molecule has 1 atom stereocenters. The van der Waals surface area contributed by atoms with Crippen molar-refractivity contribution in [2.75, 3.05) is 20.2 Å². The third kappa shape index (κ3) is 4.85. The molecule has 2 N–H and O–H groups in total. The molecule has 110 valence electrons. The van der Waals surface area contributed by atoms with E-state index in [4.69, 9.17) is 4.74 Å². The highest BCUT2D eigenvalue weighted by Gasteiger charge is 2.14. The number of benzene rings is 1. The molecule has 4 nitrogen and oxygen atoms in total. The maximum absolute atomic E-state index is 5.61. The Morgan fingerprint density at radius 2 is 2.30 bits per heavy atom. The van der Waals surface area contributed by atoms with E-state index in [9.17, 15) is 0 Å². The van der Waals surface area contributed by atoms with Crippen molar-refractivity contribution in [1.82, 2.24) is 10.6 Å². The number of nitrogens with one attached hydrogen (secondary N) is 2. The van der Waals surface area contributed by atoms with Crippen molar-refractivity contribution in [2.24, 2.45) is 4.99 Å². The monoisotopic (exact) mass is 275 g/mol. The zero-order chi connectivity index (χ0) is 14.2. The predicted molar refractivity (Wildman–Crippen MR) is 83.0 cm³/mol. The lowest BCUT2D eigenvalue weighted by molar-refractivity contribution is 0.105. The maximum atomic E-state index is 5.61. The third-order valence-corrected chi connectivity index (χ3v) is 3.55. The molecule has 0 spiro atoms. The number of hydrogen-bond acceptors (Lipinski definition) is 2. The van der Waals surface area contributed by atoms with Crippen molar-refractivity contribution < 1.29 is 4.74 Å². The van der Waals surface area contributed by atoms with Crippen LogP contribution >= 0.6 is 0 Å². The van der Waals surface area contributed by atoms with Crippen LogP contribution in [0.1, 0.15) is 30.4 Å². The van der Waals surface area contributed by atoms with E-state index in [0.29, 0.717) is 6.10 Å². The minimum atomic E-state index is 0.428. The van der Waals surface area contributed by atoms with Crippen molar-refractivity contribution in [3.8, 4) is 0 Å². The summed E-state index contributed by atoms with van der Waals surface area (Å²) in [6.07, 6.45) is 3.87. The molecule has 1 aromatic rings. The van der Waals surface area contributed by atoms with Gasteiger partial charge in [-0.25, -0.2) is 0 Å². The van der Waals surface area contributed by atoms with Crippen LogP contribution in [0.4, 0.5) is 0 Å². The van der Waals surface area contributed by atoms with Gasteiger partial charge in [-0.15, -0.1) is 0 Å². The molecular formula is C16H25N3O. The summed E-state index contributed by atoms with van der Waals surface area (Å²) in [4.78, 5) is 4.24. The molecule has 0 aliphatic carbocycles. The molecular weight excluding hydrogens is 250 g/mol. The molecule has 0 saturated carbocycles. The van der Waals surface area contributed by atoms with Crippen LogP contribution in [-0.4, -0.2) is 32.3 Å². The third-order valence-electron chi connectivity index (χ3n) is 3.55. The molecule has 0 amide bonds. The maximum Gasteiger partial charge on any atom is 0.191 e. The van der Waals surface area contributed by atoms with Gasteiger partial charge in [0, 0.05) is 26.7 Å². The Morgan fingerprint density at radius 1 is 1.40 bits per heavy atom. The van der Waals surface area contributed by atoms with E-state index in [-0.39, 0.29) is 0 Å². The fourth-order valence-corrected chi connectivity index (χ4v) is 2.45. The van der Waals surface area contributed by atoms with Crippen LogP contribution in [0.15, 0.2) is 29.3 Å². The normalized spacial score (nSPS) is 19.1. The van der Waals surface area contributed by atoms with Crippen LogP contribution in [0.2, 0.25) is 0 Å². The summed E-state index contributed by atoms with van der Waals surface area (Å²) in [6.45, 7) is 4.72. The Balaban J connectivity index is 1.69. The van der Waals surface area contributed by atoms with E-state index in [1.807, 2.05) is 0 Å². The predicted octanol–water partition coefficient (Wildman–Crippen LogP) is 2.23. The summed E-state index contributed by atoms with van der Waals surface area (Å²) in [5, 5.41) is 6.68. The van der Waals surface area contributed by atoms with Gasteiger partial charge in [0.15, 0.2) is 5.96 Å². The highest BCUT2D eigenvalue weighted by Crippen LogP contribution is 2.14. The average molecular weight is 275 g/mol. The van der Waals surface area contributed by atoms with Crippen molar-refractivity contribution in [1.29, 1.82) is 0 Å². The first-order valence-electron chi connectivity index (χ1n) is 7.39. The summed E-state index contributed by atoms with van der Waals surface area (Å²) >= 11 is 0. The molecule has 4 heteroatoms. The van der Waals surface area contributed by atoms with Gasteiger partial charge in [0.05, 0.1) is 6.10 Å². The Labute approximate surface area is 121 Å². The number of ether oxygens (including phenoxy) is 1. The summed E-state index contributed by atoms with van der Waals surface area (Å²) in [5.74, 6) is 0.851. The summed E-state index contributed by atoms with van der Waals surface area (Å²) in [6, 6.07) is 8.50.